The first kappa shape index (κ1) is 15.2. The third-order valence-electron chi connectivity index (χ3n) is 3.38. The Morgan fingerprint density at radius 1 is 0.952 bits per heavy atom. The van der Waals surface area contributed by atoms with Crippen LogP contribution in [0.2, 0.25) is 0 Å². The summed E-state index contributed by atoms with van der Waals surface area (Å²) in [5.74, 6) is 2.20. The van der Waals surface area contributed by atoms with E-state index in [1.165, 1.54) is 11.1 Å². The number of hydrogen-bond donors (Lipinski definition) is 1. The van der Waals surface area contributed by atoms with Crippen molar-refractivity contribution >= 4 is 5.69 Å². The molecule has 0 saturated carbocycles. The van der Waals surface area contributed by atoms with E-state index in [2.05, 4.69) is 39.8 Å². The largest absolute Gasteiger partial charge is 0.494 e. The number of rotatable bonds is 3. The Morgan fingerprint density at radius 3 is 2.29 bits per heavy atom. The highest BCUT2D eigenvalue weighted by Crippen LogP contribution is 2.36. The molecule has 112 valence electrons. The van der Waals surface area contributed by atoms with Crippen molar-refractivity contribution in [3.8, 4) is 17.2 Å². The van der Waals surface area contributed by atoms with Crippen molar-refractivity contribution in [1.82, 2.24) is 0 Å². The minimum absolute atomic E-state index is 0.0131. The second-order valence-corrected chi connectivity index (χ2v) is 6.26. The second-order valence-electron chi connectivity index (χ2n) is 6.26. The summed E-state index contributed by atoms with van der Waals surface area (Å²) in [5.41, 5.74) is 8.85. The summed E-state index contributed by atoms with van der Waals surface area (Å²) in [6.07, 6.45) is 0. The van der Waals surface area contributed by atoms with Gasteiger partial charge in [-0.15, -0.1) is 0 Å². The van der Waals surface area contributed by atoms with E-state index in [9.17, 15) is 0 Å². The summed E-state index contributed by atoms with van der Waals surface area (Å²) in [6.45, 7) is 8.62. The van der Waals surface area contributed by atoms with Crippen molar-refractivity contribution in [2.24, 2.45) is 0 Å². The molecular formula is C18H23NO2. The molecule has 3 heteroatoms. The fourth-order valence-corrected chi connectivity index (χ4v) is 2.20. The van der Waals surface area contributed by atoms with Crippen molar-refractivity contribution in [1.29, 1.82) is 0 Å². The Kier molecular flexibility index (Phi) is 4.12. The molecule has 0 aromatic heterocycles. The lowest BCUT2D eigenvalue weighted by atomic mass is 9.85. The van der Waals surface area contributed by atoms with Gasteiger partial charge in [-0.3, -0.25) is 0 Å². The van der Waals surface area contributed by atoms with Crippen LogP contribution in [0, 0.1) is 6.92 Å². The molecule has 0 bridgehead atoms. The number of aryl methyl sites for hydroxylation is 1. The summed E-state index contributed by atoms with van der Waals surface area (Å²) in [7, 11) is 1.60. The normalized spacial score (nSPS) is 11.3. The van der Waals surface area contributed by atoms with E-state index in [0.717, 1.165) is 11.5 Å². The number of benzene rings is 2. The average molecular weight is 285 g/mol. The number of anilines is 1. The molecule has 0 saturated heterocycles. The molecule has 2 N–H and O–H groups in total. The Balaban J connectivity index is 2.40. The molecule has 0 aliphatic rings. The van der Waals surface area contributed by atoms with E-state index in [-0.39, 0.29) is 5.41 Å². The van der Waals surface area contributed by atoms with Gasteiger partial charge in [0.05, 0.1) is 12.8 Å². The number of hydrogen-bond acceptors (Lipinski definition) is 3. The Morgan fingerprint density at radius 2 is 1.67 bits per heavy atom. The van der Waals surface area contributed by atoms with Crippen LogP contribution in [0.3, 0.4) is 0 Å². The highest BCUT2D eigenvalue weighted by atomic mass is 16.5. The molecule has 0 radical (unpaired) electrons. The number of nitrogen functional groups attached to an aromatic ring is 1. The van der Waals surface area contributed by atoms with Gasteiger partial charge in [-0.25, -0.2) is 0 Å². The van der Waals surface area contributed by atoms with Crippen LogP contribution in [-0.4, -0.2) is 7.11 Å². The fraction of sp³-hybridized carbons (Fsp3) is 0.333. The molecule has 0 aliphatic heterocycles. The lowest BCUT2D eigenvalue weighted by Gasteiger charge is -2.23. The van der Waals surface area contributed by atoms with Crippen LogP contribution in [0.15, 0.2) is 36.4 Å². The van der Waals surface area contributed by atoms with Crippen LogP contribution in [-0.2, 0) is 5.41 Å². The predicted molar refractivity (Wildman–Crippen MR) is 87.4 cm³/mol. The first-order valence-electron chi connectivity index (χ1n) is 7.04. The first-order valence-corrected chi connectivity index (χ1v) is 7.04. The molecule has 3 nitrogen and oxygen atoms in total. The van der Waals surface area contributed by atoms with Gasteiger partial charge in [0.25, 0.3) is 0 Å². The standard InChI is InChI=1S/C18H23NO2/c1-12-6-9-16(14(10-12)18(2,3)4)21-13-7-8-15(19)17(11-13)20-5/h6-11H,19H2,1-5H3. The summed E-state index contributed by atoms with van der Waals surface area (Å²) >= 11 is 0. The monoisotopic (exact) mass is 285 g/mol. The summed E-state index contributed by atoms with van der Waals surface area (Å²) in [4.78, 5) is 0. The SMILES string of the molecule is COc1cc(Oc2ccc(C)cc2C(C)(C)C)ccc1N. The second kappa shape index (κ2) is 5.68. The van der Waals surface area contributed by atoms with Crippen molar-refractivity contribution in [2.75, 3.05) is 12.8 Å². The topological polar surface area (TPSA) is 44.5 Å². The lowest BCUT2D eigenvalue weighted by molar-refractivity contribution is 0.409. The third kappa shape index (κ3) is 3.48. The smallest absolute Gasteiger partial charge is 0.145 e. The molecule has 2 rings (SSSR count). The van der Waals surface area contributed by atoms with Gasteiger partial charge in [-0.2, -0.15) is 0 Å². The van der Waals surface area contributed by atoms with Crippen molar-refractivity contribution in [3.63, 3.8) is 0 Å². The van der Waals surface area contributed by atoms with Gasteiger partial charge in [0.15, 0.2) is 0 Å². The molecule has 0 heterocycles. The lowest BCUT2D eigenvalue weighted by Crippen LogP contribution is -2.12. The number of ether oxygens (including phenoxy) is 2. The van der Waals surface area contributed by atoms with Crippen molar-refractivity contribution in [3.05, 3.63) is 47.5 Å². The number of methoxy groups -OCH3 is 1. The van der Waals surface area contributed by atoms with Gasteiger partial charge in [0, 0.05) is 11.6 Å². The van der Waals surface area contributed by atoms with E-state index >= 15 is 0 Å². The van der Waals surface area contributed by atoms with Crippen LogP contribution in [0.25, 0.3) is 0 Å². The van der Waals surface area contributed by atoms with Gasteiger partial charge < -0.3 is 15.2 Å². The summed E-state index contributed by atoms with van der Waals surface area (Å²) in [6, 6.07) is 11.7. The molecule has 2 aromatic carbocycles. The maximum Gasteiger partial charge on any atom is 0.145 e. The van der Waals surface area contributed by atoms with Crippen LogP contribution < -0.4 is 15.2 Å². The zero-order valence-electron chi connectivity index (χ0n) is 13.4. The van der Waals surface area contributed by atoms with Crippen molar-refractivity contribution in [2.45, 2.75) is 33.1 Å². The van der Waals surface area contributed by atoms with Gasteiger partial charge >= 0.3 is 0 Å². The quantitative estimate of drug-likeness (QED) is 0.833. The van der Waals surface area contributed by atoms with Crippen LogP contribution >= 0.6 is 0 Å². The third-order valence-corrected chi connectivity index (χ3v) is 3.38. The van der Waals surface area contributed by atoms with E-state index < -0.39 is 0 Å². The van der Waals surface area contributed by atoms with E-state index in [1.807, 2.05) is 18.2 Å². The molecule has 0 atom stereocenters. The average Bonchev–Trinajstić information content (AvgIpc) is 2.41. The van der Waals surface area contributed by atoms with E-state index in [0.29, 0.717) is 11.4 Å². The summed E-state index contributed by atoms with van der Waals surface area (Å²) in [5, 5.41) is 0. The van der Waals surface area contributed by atoms with Gasteiger partial charge in [-0.05, 0) is 30.5 Å². The van der Waals surface area contributed by atoms with Crippen LogP contribution in [0.5, 0.6) is 17.2 Å². The molecule has 0 unspecified atom stereocenters. The van der Waals surface area contributed by atoms with E-state index in [4.69, 9.17) is 15.2 Å². The Hall–Kier alpha value is -2.16. The Bertz CT molecular complexity index is 642. The van der Waals surface area contributed by atoms with Crippen LogP contribution in [0.1, 0.15) is 31.9 Å². The molecule has 0 spiro atoms. The minimum atomic E-state index is 0.0131. The summed E-state index contributed by atoms with van der Waals surface area (Å²) < 4.78 is 11.3. The zero-order valence-corrected chi connectivity index (χ0v) is 13.4. The highest BCUT2D eigenvalue weighted by molar-refractivity contribution is 5.56. The fourth-order valence-electron chi connectivity index (χ4n) is 2.20. The van der Waals surface area contributed by atoms with Gasteiger partial charge in [-0.1, -0.05) is 38.5 Å². The van der Waals surface area contributed by atoms with E-state index in [1.54, 1.807) is 13.2 Å². The molecule has 0 aliphatic carbocycles. The minimum Gasteiger partial charge on any atom is -0.494 e. The number of nitrogens with two attached hydrogens (primary N) is 1. The molecule has 2 aromatic rings. The molecule has 0 amide bonds. The zero-order chi connectivity index (χ0) is 15.6. The van der Waals surface area contributed by atoms with Crippen LogP contribution in [0.4, 0.5) is 5.69 Å². The maximum absolute atomic E-state index is 6.05. The first-order chi connectivity index (χ1) is 9.81. The van der Waals surface area contributed by atoms with Crippen molar-refractivity contribution < 1.29 is 9.47 Å². The van der Waals surface area contributed by atoms with Gasteiger partial charge in [0.1, 0.15) is 17.2 Å². The van der Waals surface area contributed by atoms with Gasteiger partial charge in [0.2, 0.25) is 0 Å². The molecule has 0 fully saturated rings. The molecule has 21 heavy (non-hydrogen) atoms. The molecular weight excluding hydrogens is 262 g/mol. The Labute approximate surface area is 126 Å². The predicted octanol–water partition coefficient (Wildman–Crippen LogP) is 4.68. The maximum atomic E-state index is 6.05. The highest BCUT2D eigenvalue weighted by Gasteiger charge is 2.19.